The predicted molar refractivity (Wildman–Crippen MR) is 70.3 cm³/mol. The first-order valence-electron chi connectivity index (χ1n) is 6.47. The minimum Gasteiger partial charge on any atom is -0.480 e. The number of aryl methyl sites for hydroxylation is 1. The summed E-state index contributed by atoms with van der Waals surface area (Å²) in [6.07, 6.45) is 0.739. The zero-order valence-corrected chi connectivity index (χ0v) is 10.9. The van der Waals surface area contributed by atoms with E-state index in [1.807, 2.05) is 19.1 Å². The van der Waals surface area contributed by atoms with Gasteiger partial charge in [0.1, 0.15) is 12.1 Å². The van der Waals surface area contributed by atoms with E-state index < -0.39 is 24.1 Å². The van der Waals surface area contributed by atoms with Crippen molar-refractivity contribution >= 4 is 23.6 Å². The van der Waals surface area contributed by atoms with Crippen LogP contribution < -0.4 is 4.90 Å². The highest BCUT2D eigenvalue weighted by Crippen LogP contribution is 2.36. The van der Waals surface area contributed by atoms with Crippen molar-refractivity contribution in [3.63, 3.8) is 0 Å². The quantitative estimate of drug-likeness (QED) is 0.826. The SMILES string of the molecule is Cc1ccccc1N1C(=O)[C@@H]2CC[C@H](C(=O)O)N2C1=O. The second-order valence-electron chi connectivity index (χ2n) is 5.10. The third-order valence-corrected chi connectivity index (χ3v) is 3.94. The number of anilines is 1. The average Bonchev–Trinajstić information content (AvgIpc) is 2.93. The molecular weight excluding hydrogens is 260 g/mol. The van der Waals surface area contributed by atoms with Crippen molar-refractivity contribution in [3.8, 4) is 0 Å². The lowest BCUT2D eigenvalue weighted by molar-refractivity contribution is -0.141. The molecule has 3 amide bonds. The van der Waals surface area contributed by atoms with Gasteiger partial charge in [0.15, 0.2) is 0 Å². The van der Waals surface area contributed by atoms with Crippen molar-refractivity contribution in [1.29, 1.82) is 0 Å². The number of carbonyl (C=O) groups is 3. The summed E-state index contributed by atoms with van der Waals surface area (Å²) in [5.41, 5.74) is 1.34. The molecule has 0 aliphatic carbocycles. The Morgan fingerprint density at radius 1 is 1.25 bits per heavy atom. The van der Waals surface area contributed by atoms with Gasteiger partial charge in [0, 0.05) is 0 Å². The Morgan fingerprint density at radius 3 is 2.60 bits per heavy atom. The fraction of sp³-hybridized carbons (Fsp3) is 0.357. The third-order valence-electron chi connectivity index (χ3n) is 3.94. The van der Waals surface area contributed by atoms with Crippen LogP contribution in [0.2, 0.25) is 0 Å². The molecule has 104 valence electrons. The minimum absolute atomic E-state index is 0.326. The largest absolute Gasteiger partial charge is 0.480 e. The van der Waals surface area contributed by atoms with E-state index in [4.69, 9.17) is 5.11 Å². The molecule has 2 fully saturated rings. The van der Waals surface area contributed by atoms with Crippen molar-refractivity contribution in [1.82, 2.24) is 4.90 Å². The molecule has 3 rings (SSSR count). The number of carboxylic acid groups (broad SMARTS) is 1. The number of para-hydroxylation sites is 1. The number of nitrogens with zero attached hydrogens (tertiary/aromatic N) is 2. The summed E-state index contributed by atoms with van der Waals surface area (Å²) >= 11 is 0. The number of aliphatic carboxylic acids is 1. The Labute approximate surface area is 115 Å². The first kappa shape index (κ1) is 12.7. The summed E-state index contributed by atoms with van der Waals surface area (Å²) in [5.74, 6) is -1.38. The second-order valence-corrected chi connectivity index (χ2v) is 5.10. The molecule has 0 aromatic heterocycles. The Hall–Kier alpha value is -2.37. The summed E-state index contributed by atoms with van der Waals surface area (Å²) in [7, 11) is 0. The number of hydrogen-bond acceptors (Lipinski definition) is 3. The lowest BCUT2D eigenvalue weighted by atomic mass is 10.1. The standard InChI is InChI=1S/C14H14N2O4/c1-8-4-2-3-5-9(8)16-12(17)10-6-7-11(13(18)19)15(10)14(16)20/h2-5,10-11H,6-7H2,1H3,(H,18,19)/t10-,11+/m0/s1. The molecule has 0 bridgehead atoms. The molecule has 0 saturated carbocycles. The molecule has 0 radical (unpaired) electrons. The first-order chi connectivity index (χ1) is 9.52. The highest BCUT2D eigenvalue weighted by atomic mass is 16.4. The van der Waals surface area contributed by atoms with Crippen LogP contribution in [0.1, 0.15) is 18.4 Å². The molecule has 2 heterocycles. The van der Waals surface area contributed by atoms with E-state index >= 15 is 0 Å². The molecule has 2 aliphatic rings. The van der Waals surface area contributed by atoms with Gasteiger partial charge in [-0.25, -0.2) is 14.5 Å². The number of carbonyl (C=O) groups excluding carboxylic acids is 2. The highest BCUT2D eigenvalue weighted by Gasteiger charge is 2.54. The zero-order chi connectivity index (χ0) is 14.4. The second kappa shape index (κ2) is 4.33. The number of rotatable bonds is 2. The smallest absolute Gasteiger partial charge is 0.332 e. The summed E-state index contributed by atoms with van der Waals surface area (Å²) < 4.78 is 0. The van der Waals surface area contributed by atoms with E-state index in [1.165, 1.54) is 4.90 Å². The maximum atomic E-state index is 12.4. The van der Waals surface area contributed by atoms with E-state index in [9.17, 15) is 14.4 Å². The van der Waals surface area contributed by atoms with Crippen LogP contribution in [-0.4, -0.2) is 40.0 Å². The van der Waals surface area contributed by atoms with Gasteiger partial charge in [-0.3, -0.25) is 9.69 Å². The van der Waals surface area contributed by atoms with Crippen LogP contribution in [0, 0.1) is 6.92 Å². The first-order valence-corrected chi connectivity index (χ1v) is 6.47. The average molecular weight is 274 g/mol. The Kier molecular flexibility index (Phi) is 2.74. The number of carboxylic acids is 1. The van der Waals surface area contributed by atoms with Gasteiger partial charge in [0.25, 0.3) is 5.91 Å². The zero-order valence-electron chi connectivity index (χ0n) is 10.9. The molecular formula is C14H14N2O4. The van der Waals surface area contributed by atoms with Crippen molar-refractivity contribution in [3.05, 3.63) is 29.8 Å². The van der Waals surface area contributed by atoms with Gasteiger partial charge in [-0.15, -0.1) is 0 Å². The highest BCUT2D eigenvalue weighted by molar-refractivity contribution is 6.22. The van der Waals surface area contributed by atoms with Crippen molar-refractivity contribution in [2.24, 2.45) is 0 Å². The molecule has 0 spiro atoms. The van der Waals surface area contributed by atoms with Gasteiger partial charge in [-0.05, 0) is 31.4 Å². The van der Waals surface area contributed by atoms with Crippen molar-refractivity contribution in [2.45, 2.75) is 31.8 Å². The van der Waals surface area contributed by atoms with Crippen LogP contribution in [0.3, 0.4) is 0 Å². The number of amides is 3. The number of imide groups is 1. The fourth-order valence-electron chi connectivity index (χ4n) is 2.96. The molecule has 2 atom stereocenters. The van der Waals surface area contributed by atoms with Crippen molar-refractivity contribution in [2.75, 3.05) is 4.90 Å². The van der Waals surface area contributed by atoms with Crippen molar-refractivity contribution < 1.29 is 19.5 Å². The van der Waals surface area contributed by atoms with E-state index in [1.54, 1.807) is 12.1 Å². The molecule has 6 heteroatoms. The van der Waals surface area contributed by atoms with Crippen LogP contribution in [0.15, 0.2) is 24.3 Å². The van der Waals surface area contributed by atoms with Crippen LogP contribution in [-0.2, 0) is 9.59 Å². The van der Waals surface area contributed by atoms with E-state index in [0.717, 1.165) is 10.5 Å². The molecule has 2 aliphatic heterocycles. The molecule has 1 aromatic rings. The Morgan fingerprint density at radius 2 is 1.95 bits per heavy atom. The van der Waals surface area contributed by atoms with Crippen LogP contribution in [0.4, 0.5) is 10.5 Å². The summed E-state index contributed by atoms with van der Waals surface area (Å²) in [6, 6.07) is 5.02. The molecule has 0 unspecified atom stereocenters. The number of fused-ring (bicyclic) bond motifs is 1. The lowest BCUT2D eigenvalue weighted by Crippen LogP contribution is -2.42. The minimum atomic E-state index is -1.06. The molecule has 6 nitrogen and oxygen atoms in total. The number of hydrogen-bond donors (Lipinski definition) is 1. The van der Waals surface area contributed by atoms with Gasteiger partial charge in [0.05, 0.1) is 5.69 Å². The molecule has 1 aromatic carbocycles. The summed E-state index contributed by atoms with van der Waals surface area (Å²) in [4.78, 5) is 38.3. The summed E-state index contributed by atoms with van der Waals surface area (Å²) in [5, 5.41) is 9.15. The molecule has 20 heavy (non-hydrogen) atoms. The third kappa shape index (κ3) is 1.61. The number of benzene rings is 1. The summed E-state index contributed by atoms with van der Waals surface area (Å²) in [6.45, 7) is 1.81. The maximum absolute atomic E-state index is 12.4. The molecule has 1 N–H and O–H groups in total. The normalized spacial score (nSPS) is 25.2. The Bertz CT molecular complexity index is 613. The monoisotopic (exact) mass is 274 g/mol. The van der Waals surface area contributed by atoms with E-state index in [-0.39, 0.29) is 5.91 Å². The van der Waals surface area contributed by atoms with Crippen LogP contribution in [0.5, 0.6) is 0 Å². The van der Waals surface area contributed by atoms with Gasteiger partial charge in [0.2, 0.25) is 0 Å². The van der Waals surface area contributed by atoms with E-state index in [0.29, 0.717) is 18.5 Å². The fourth-order valence-corrected chi connectivity index (χ4v) is 2.96. The lowest BCUT2D eigenvalue weighted by Gasteiger charge is -2.20. The molecule has 2 saturated heterocycles. The van der Waals surface area contributed by atoms with Crippen LogP contribution >= 0.6 is 0 Å². The number of urea groups is 1. The topological polar surface area (TPSA) is 77.9 Å². The van der Waals surface area contributed by atoms with Gasteiger partial charge < -0.3 is 5.11 Å². The Balaban J connectivity index is 2.01. The van der Waals surface area contributed by atoms with Gasteiger partial charge in [-0.2, -0.15) is 0 Å². The maximum Gasteiger partial charge on any atom is 0.332 e. The van der Waals surface area contributed by atoms with E-state index in [2.05, 4.69) is 0 Å². The van der Waals surface area contributed by atoms with Crippen LogP contribution in [0.25, 0.3) is 0 Å². The van der Waals surface area contributed by atoms with Gasteiger partial charge in [-0.1, -0.05) is 18.2 Å². The van der Waals surface area contributed by atoms with Gasteiger partial charge >= 0.3 is 12.0 Å². The predicted octanol–water partition coefficient (Wildman–Crippen LogP) is 1.38.